The first-order valence-electron chi connectivity index (χ1n) is 5.21. The first kappa shape index (κ1) is 13.5. The number of Topliss-reactive ketones (excluding diaryl/α,β-unsaturated/α-hetero) is 1. The molecule has 6 heteroatoms. The molecule has 0 atom stereocenters. The minimum absolute atomic E-state index is 0.0523. The Morgan fingerprint density at radius 1 is 1.56 bits per heavy atom. The van der Waals surface area contributed by atoms with Crippen LogP contribution in [0, 0.1) is 0 Å². The Morgan fingerprint density at radius 3 is 2.89 bits per heavy atom. The molecule has 2 rings (SSSR count). The van der Waals surface area contributed by atoms with Crippen molar-refractivity contribution in [2.45, 2.75) is 13.5 Å². The fourth-order valence-corrected chi connectivity index (χ4v) is 2.86. The number of hydrogen-bond donors (Lipinski definition) is 1. The van der Waals surface area contributed by atoms with Crippen LogP contribution in [0.2, 0.25) is 4.47 Å². The maximum absolute atomic E-state index is 11.2. The zero-order valence-corrected chi connectivity index (χ0v) is 12.7. The highest BCUT2D eigenvalue weighted by Gasteiger charge is 2.05. The van der Waals surface area contributed by atoms with Gasteiger partial charge in [0.25, 0.3) is 0 Å². The summed E-state index contributed by atoms with van der Waals surface area (Å²) in [5.41, 5.74) is 1.62. The molecule has 94 valence electrons. The van der Waals surface area contributed by atoms with Crippen LogP contribution < -0.4 is 5.32 Å². The second kappa shape index (κ2) is 5.82. The van der Waals surface area contributed by atoms with Crippen molar-refractivity contribution in [2.24, 2.45) is 0 Å². The molecule has 1 aromatic heterocycles. The van der Waals surface area contributed by atoms with Gasteiger partial charge in [-0.25, -0.2) is 4.98 Å². The number of aromatic nitrogens is 1. The Bertz CT molecular complexity index is 585. The molecule has 0 saturated carbocycles. The van der Waals surface area contributed by atoms with E-state index < -0.39 is 0 Å². The molecule has 0 aliphatic heterocycles. The summed E-state index contributed by atoms with van der Waals surface area (Å²) >= 11 is 10.6. The molecule has 0 radical (unpaired) electrons. The van der Waals surface area contributed by atoms with Gasteiger partial charge in [0, 0.05) is 26.8 Å². The quantitative estimate of drug-likeness (QED) is 0.836. The first-order valence-corrected chi connectivity index (χ1v) is 7.19. The van der Waals surface area contributed by atoms with E-state index in [0.717, 1.165) is 15.0 Å². The Labute approximate surface area is 122 Å². The van der Waals surface area contributed by atoms with Gasteiger partial charge in [-0.05, 0) is 41.1 Å². The van der Waals surface area contributed by atoms with Gasteiger partial charge in [0.1, 0.15) is 0 Å². The molecule has 1 aromatic carbocycles. The number of halogens is 2. The summed E-state index contributed by atoms with van der Waals surface area (Å²) in [5, 5.41) is 3.26. The molecular formula is C12H10BrClN2OS. The molecule has 2 aromatic rings. The van der Waals surface area contributed by atoms with Crippen LogP contribution >= 0.6 is 38.9 Å². The summed E-state index contributed by atoms with van der Waals surface area (Å²) in [4.78, 5) is 16.3. The van der Waals surface area contributed by atoms with Crippen LogP contribution in [-0.4, -0.2) is 10.8 Å². The van der Waals surface area contributed by atoms with Crippen molar-refractivity contribution in [3.8, 4) is 0 Å². The lowest BCUT2D eigenvalue weighted by molar-refractivity contribution is 0.101. The van der Waals surface area contributed by atoms with Crippen LogP contribution in [0.25, 0.3) is 0 Å². The maximum Gasteiger partial charge on any atom is 0.183 e. The third-order valence-corrected chi connectivity index (χ3v) is 4.12. The van der Waals surface area contributed by atoms with Gasteiger partial charge in [0.2, 0.25) is 0 Å². The number of nitrogens with zero attached hydrogens (tertiary/aromatic N) is 1. The third-order valence-electron chi connectivity index (χ3n) is 2.35. The third kappa shape index (κ3) is 3.31. The molecule has 18 heavy (non-hydrogen) atoms. The number of hydrogen-bond acceptors (Lipinski definition) is 4. The Hall–Kier alpha value is -0.910. The van der Waals surface area contributed by atoms with Crippen LogP contribution in [0.15, 0.2) is 28.9 Å². The standard InChI is InChI=1S/C12H10BrClN2OS/c1-7(17)8-2-3-11(10(13)4-8)15-5-9-6-16-12(14)18-9/h2-4,6,15H,5H2,1H3. The van der Waals surface area contributed by atoms with E-state index in [1.54, 1.807) is 19.2 Å². The molecule has 0 saturated heterocycles. The van der Waals surface area contributed by atoms with E-state index in [0.29, 0.717) is 16.6 Å². The highest BCUT2D eigenvalue weighted by atomic mass is 79.9. The number of thiazole rings is 1. The number of carbonyl (C=O) groups excluding carboxylic acids is 1. The number of anilines is 1. The molecule has 0 fully saturated rings. The topological polar surface area (TPSA) is 42.0 Å². The highest BCUT2D eigenvalue weighted by Crippen LogP contribution is 2.25. The van der Waals surface area contributed by atoms with Gasteiger partial charge in [-0.3, -0.25) is 4.79 Å². The first-order chi connectivity index (χ1) is 8.56. The SMILES string of the molecule is CC(=O)c1ccc(NCc2cnc(Cl)s2)c(Br)c1. The average Bonchev–Trinajstić information content (AvgIpc) is 2.73. The molecule has 0 bridgehead atoms. The van der Waals surface area contributed by atoms with E-state index in [2.05, 4.69) is 26.2 Å². The molecule has 0 amide bonds. The van der Waals surface area contributed by atoms with Gasteiger partial charge in [-0.1, -0.05) is 11.6 Å². The highest BCUT2D eigenvalue weighted by molar-refractivity contribution is 9.10. The summed E-state index contributed by atoms with van der Waals surface area (Å²) in [6.07, 6.45) is 1.75. The van der Waals surface area contributed by atoms with Gasteiger partial charge in [-0.15, -0.1) is 11.3 Å². The van der Waals surface area contributed by atoms with Gasteiger partial charge >= 0.3 is 0 Å². The van der Waals surface area contributed by atoms with Gasteiger partial charge in [-0.2, -0.15) is 0 Å². The lowest BCUT2D eigenvalue weighted by Crippen LogP contribution is -2.00. The van der Waals surface area contributed by atoms with Crippen LogP contribution in [-0.2, 0) is 6.54 Å². The molecule has 0 spiro atoms. The van der Waals surface area contributed by atoms with Crippen molar-refractivity contribution >= 4 is 50.3 Å². The Kier molecular flexibility index (Phi) is 4.37. The second-order valence-electron chi connectivity index (χ2n) is 3.68. The fourth-order valence-electron chi connectivity index (χ4n) is 1.43. The normalized spacial score (nSPS) is 10.4. The lowest BCUT2D eigenvalue weighted by atomic mass is 10.1. The van der Waals surface area contributed by atoms with Crippen molar-refractivity contribution in [2.75, 3.05) is 5.32 Å². The average molecular weight is 346 g/mol. The van der Waals surface area contributed by atoms with Crippen molar-refractivity contribution in [1.29, 1.82) is 0 Å². The number of carbonyl (C=O) groups is 1. The molecular weight excluding hydrogens is 336 g/mol. The van der Waals surface area contributed by atoms with Crippen LogP contribution in [0.4, 0.5) is 5.69 Å². The summed E-state index contributed by atoms with van der Waals surface area (Å²) in [5.74, 6) is 0.0523. The van der Waals surface area contributed by atoms with Crippen LogP contribution in [0.3, 0.4) is 0 Å². The van der Waals surface area contributed by atoms with E-state index in [1.807, 2.05) is 12.1 Å². The van der Waals surface area contributed by atoms with Gasteiger partial charge < -0.3 is 5.32 Å². The molecule has 0 aliphatic rings. The minimum atomic E-state index is 0.0523. The predicted octanol–water partition coefficient (Wildman–Crippen LogP) is 4.37. The van der Waals surface area contributed by atoms with Crippen molar-refractivity contribution < 1.29 is 4.79 Å². The van der Waals surface area contributed by atoms with E-state index in [4.69, 9.17) is 11.6 Å². The molecule has 3 nitrogen and oxygen atoms in total. The number of rotatable bonds is 4. The lowest BCUT2D eigenvalue weighted by Gasteiger charge is -2.08. The monoisotopic (exact) mass is 344 g/mol. The molecule has 0 aliphatic carbocycles. The molecule has 1 N–H and O–H groups in total. The Morgan fingerprint density at radius 2 is 2.33 bits per heavy atom. The van der Waals surface area contributed by atoms with E-state index in [9.17, 15) is 4.79 Å². The maximum atomic E-state index is 11.2. The largest absolute Gasteiger partial charge is 0.379 e. The zero-order chi connectivity index (χ0) is 13.1. The van der Waals surface area contributed by atoms with Gasteiger partial charge in [0.15, 0.2) is 10.3 Å². The van der Waals surface area contributed by atoms with Gasteiger partial charge in [0.05, 0.1) is 6.54 Å². The molecule has 0 unspecified atom stereocenters. The number of ketones is 1. The zero-order valence-electron chi connectivity index (χ0n) is 9.54. The number of nitrogens with one attached hydrogen (secondary N) is 1. The van der Waals surface area contributed by atoms with Crippen molar-refractivity contribution in [3.63, 3.8) is 0 Å². The van der Waals surface area contributed by atoms with E-state index >= 15 is 0 Å². The predicted molar refractivity (Wildman–Crippen MR) is 78.6 cm³/mol. The molecule has 1 heterocycles. The van der Waals surface area contributed by atoms with E-state index in [-0.39, 0.29) is 5.78 Å². The second-order valence-corrected chi connectivity index (χ2v) is 6.24. The van der Waals surface area contributed by atoms with E-state index in [1.165, 1.54) is 11.3 Å². The van der Waals surface area contributed by atoms with Crippen molar-refractivity contribution in [1.82, 2.24) is 4.98 Å². The fraction of sp³-hybridized carbons (Fsp3) is 0.167. The Balaban J connectivity index is 2.08. The van der Waals surface area contributed by atoms with Crippen LogP contribution in [0.1, 0.15) is 22.2 Å². The van der Waals surface area contributed by atoms with Crippen LogP contribution in [0.5, 0.6) is 0 Å². The smallest absolute Gasteiger partial charge is 0.183 e. The minimum Gasteiger partial charge on any atom is -0.379 e. The summed E-state index contributed by atoms with van der Waals surface area (Å²) in [6.45, 7) is 2.20. The summed E-state index contributed by atoms with van der Waals surface area (Å²) in [7, 11) is 0. The van der Waals surface area contributed by atoms with Crippen molar-refractivity contribution in [3.05, 3.63) is 43.8 Å². The summed E-state index contributed by atoms with van der Waals surface area (Å²) in [6, 6.07) is 5.49. The number of benzene rings is 1. The summed E-state index contributed by atoms with van der Waals surface area (Å²) < 4.78 is 1.41.